The van der Waals surface area contributed by atoms with Crippen LogP contribution >= 0.6 is 11.6 Å². The normalized spacial score (nSPS) is 10.8. The Bertz CT molecular complexity index is 638. The van der Waals surface area contributed by atoms with Crippen molar-refractivity contribution in [1.82, 2.24) is 9.97 Å². The van der Waals surface area contributed by atoms with E-state index >= 15 is 0 Å². The number of rotatable bonds is 4. The van der Waals surface area contributed by atoms with Crippen LogP contribution in [0.15, 0.2) is 24.5 Å². The van der Waals surface area contributed by atoms with Crippen LogP contribution in [0.25, 0.3) is 0 Å². The number of nitrogens with one attached hydrogen (secondary N) is 1. The SMILES string of the molecule is Cc1ccc(Nc2ncnc(Cl)c2C(C)C)cc1N(C)C. The maximum Gasteiger partial charge on any atom is 0.138 e. The zero-order chi connectivity index (χ0) is 15.6. The largest absolute Gasteiger partial charge is 0.377 e. The van der Waals surface area contributed by atoms with Gasteiger partial charge in [0.15, 0.2) is 0 Å². The summed E-state index contributed by atoms with van der Waals surface area (Å²) in [5.41, 5.74) is 4.33. The first kappa shape index (κ1) is 15.6. The molecule has 0 aliphatic carbocycles. The van der Waals surface area contributed by atoms with Crippen LogP contribution < -0.4 is 10.2 Å². The molecule has 1 heterocycles. The predicted octanol–water partition coefficient (Wildman–Crippen LogP) is 4.37. The fourth-order valence-electron chi connectivity index (χ4n) is 2.29. The molecule has 0 aliphatic rings. The summed E-state index contributed by atoms with van der Waals surface area (Å²) in [5, 5.41) is 3.86. The van der Waals surface area contributed by atoms with Gasteiger partial charge < -0.3 is 10.2 Å². The summed E-state index contributed by atoms with van der Waals surface area (Å²) < 4.78 is 0. The van der Waals surface area contributed by atoms with Crippen molar-refractivity contribution in [3.05, 3.63) is 40.8 Å². The molecule has 0 unspecified atom stereocenters. The van der Waals surface area contributed by atoms with E-state index in [1.54, 1.807) is 0 Å². The zero-order valence-corrected chi connectivity index (χ0v) is 13.9. The number of hydrogen-bond donors (Lipinski definition) is 1. The van der Waals surface area contributed by atoms with Gasteiger partial charge in [0.25, 0.3) is 0 Å². The summed E-state index contributed by atoms with van der Waals surface area (Å²) in [7, 11) is 4.07. The van der Waals surface area contributed by atoms with E-state index in [0.717, 1.165) is 17.1 Å². The van der Waals surface area contributed by atoms with Crippen LogP contribution in [0.5, 0.6) is 0 Å². The highest BCUT2D eigenvalue weighted by Gasteiger charge is 2.14. The molecule has 0 saturated carbocycles. The number of aromatic nitrogens is 2. The van der Waals surface area contributed by atoms with Gasteiger partial charge in [-0.2, -0.15) is 0 Å². The fraction of sp³-hybridized carbons (Fsp3) is 0.375. The van der Waals surface area contributed by atoms with Crippen LogP contribution in [0.3, 0.4) is 0 Å². The topological polar surface area (TPSA) is 41.1 Å². The van der Waals surface area contributed by atoms with E-state index in [1.807, 2.05) is 20.2 Å². The first-order valence-corrected chi connectivity index (χ1v) is 7.33. The predicted molar refractivity (Wildman–Crippen MR) is 89.9 cm³/mol. The Morgan fingerprint density at radius 3 is 2.52 bits per heavy atom. The highest BCUT2D eigenvalue weighted by atomic mass is 35.5. The molecule has 5 heteroatoms. The lowest BCUT2D eigenvalue weighted by Gasteiger charge is -2.19. The Kier molecular flexibility index (Phi) is 4.68. The van der Waals surface area contributed by atoms with Gasteiger partial charge in [-0.3, -0.25) is 0 Å². The van der Waals surface area contributed by atoms with Gasteiger partial charge >= 0.3 is 0 Å². The molecule has 0 spiro atoms. The second kappa shape index (κ2) is 6.31. The number of anilines is 3. The molecule has 1 N–H and O–H groups in total. The average Bonchev–Trinajstić information content (AvgIpc) is 2.40. The van der Waals surface area contributed by atoms with E-state index in [2.05, 4.69) is 53.1 Å². The third-order valence-electron chi connectivity index (χ3n) is 3.37. The van der Waals surface area contributed by atoms with Gasteiger partial charge in [-0.1, -0.05) is 31.5 Å². The summed E-state index contributed by atoms with van der Waals surface area (Å²) in [6.07, 6.45) is 1.48. The lowest BCUT2D eigenvalue weighted by Crippen LogP contribution is -2.11. The van der Waals surface area contributed by atoms with Gasteiger partial charge in [0, 0.05) is 31.0 Å². The molecular formula is C16H21ClN4. The quantitative estimate of drug-likeness (QED) is 0.852. The number of benzene rings is 1. The third kappa shape index (κ3) is 3.45. The fourth-order valence-corrected chi connectivity index (χ4v) is 2.64. The Morgan fingerprint density at radius 1 is 1.19 bits per heavy atom. The molecule has 2 rings (SSSR count). The number of hydrogen-bond acceptors (Lipinski definition) is 4. The first-order valence-electron chi connectivity index (χ1n) is 6.95. The van der Waals surface area contributed by atoms with Crippen LogP contribution in [0.1, 0.15) is 30.9 Å². The molecule has 0 fully saturated rings. The van der Waals surface area contributed by atoms with E-state index in [9.17, 15) is 0 Å². The Morgan fingerprint density at radius 2 is 1.90 bits per heavy atom. The molecule has 0 atom stereocenters. The maximum absolute atomic E-state index is 6.20. The number of aryl methyl sites for hydroxylation is 1. The summed E-state index contributed by atoms with van der Waals surface area (Å²) in [5.74, 6) is 1.01. The summed E-state index contributed by atoms with van der Waals surface area (Å²) in [6, 6.07) is 6.24. The summed E-state index contributed by atoms with van der Waals surface area (Å²) in [6.45, 7) is 6.26. The molecule has 0 aliphatic heterocycles. The number of nitrogens with zero attached hydrogens (tertiary/aromatic N) is 3. The van der Waals surface area contributed by atoms with Gasteiger partial charge in [0.1, 0.15) is 17.3 Å². The van der Waals surface area contributed by atoms with Crippen LogP contribution in [0, 0.1) is 6.92 Å². The van der Waals surface area contributed by atoms with E-state index in [4.69, 9.17) is 11.6 Å². The van der Waals surface area contributed by atoms with Gasteiger partial charge in [0.05, 0.1) is 0 Å². The minimum atomic E-state index is 0.250. The molecule has 0 radical (unpaired) electrons. The molecule has 21 heavy (non-hydrogen) atoms. The van der Waals surface area contributed by atoms with E-state index in [0.29, 0.717) is 5.15 Å². The minimum absolute atomic E-state index is 0.250. The van der Waals surface area contributed by atoms with Crippen LogP contribution in [-0.4, -0.2) is 24.1 Å². The molecule has 0 amide bonds. The van der Waals surface area contributed by atoms with Gasteiger partial charge in [-0.25, -0.2) is 9.97 Å². The smallest absolute Gasteiger partial charge is 0.138 e. The van der Waals surface area contributed by atoms with Gasteiger partial charge in [-0.15, -0.1) is 0 Å². The summed E-state index contributed by atoms with van der Waals surface area (Å²) in [4.78, 5) is 10.5. The molecule has 0 bridgehead atoms. The lowest BCUT2D eigenvalue weighted by molar-refractivity contribution is 0.850. The van der Waals surface area contributed by atoms with Crippen LogP contribution in [0.2, 0.25) is 5.15 Å². The molecule has 1 aromatic carbocycles. The van der Waals surface area contributed by atoms with Crippen molar-refractivity contribution in [2.45, 2.75) is 26.7 Å². The number of halogens is 1. The second-order valence-electron chi connectivity index (χ2n) is 5.60. The second-order valence-corrected chi connectivity index (χ2v) is 5.96. The molecular weight excluding hydrogens is 284 g/mol. The standard InChI is InChI=1S/C16H21ClN4/c1-10(2)14-15(17)18-9-19-16(14)20-12-7-6-11(3)13(8-12)21(4)5/h6-10H,1-5H3,(H,18,19,20). The average molecular weight is 305 g/mol. The Balaban J connectivity index is 2.39. The summed E-state index contributed by atoms with van der Waals surface area (Å²) >= 11 is 6.20. The Labute approximate surface area is 131 Å². The van der Waals surface area contributed by atoms with Crippen molar-refractivity contribution in [2.75, 3.05) is 24.3 Å². The lowest BCUT2D eigenvalue weighted by atomic mass is 10.1. The minimum Gasteiger partial charge on any atom is -0.377 e. The van der Waals surface area contributed by atoms with Crippen molar-refractivity contribution < 1.29 is 0 Å². The van der Waals surface area contributed by atoms with Gasteiger partial charge in [0.2, 0.25) is 0 Å². The van der Waals surface area contributed by atoms with Crippen LogP contribution in [0.4, 0.5) is 17.2 Å². The molecule has 112 valence electrons. The maximum atomic E-state index is 6.20. The monoisotopic (exact) mass is 304 g/mol. The molecule has 2 aromatic rings. The molecule has 0 saturated heterocycles. The first-order chi connectivity index (χ1) is 9.90. The Hall–Kier alpha value is -1.81. The molecule has 1 aromatic heterocycles. The van der Waals surface area contributed by atoms with Gasteiger partial charge in [-0.05, 0) is 30.5 Å². The highest BCUT2D eigenvalue weighted by Crippen LogP contribution is 2.31. The zero-order valence-electron chi connectivity index (χ0n) is 13.1. The van der Waals surface area contributed by atoms with E-state index in [-0.39, 0.29) is 5.92 Å². The molecule has 4 nitrogen and oxygen atoms in total. The van der Waals surface area contributed by atoms with Crippen molar-refractivity contribution in [1.29, 1.82) is 0 Å². The highest BCUT2D eigenvalue weighted by molar-refractivity contribution is 6.30. The third-order valence-corrected chi connectivity index (χ3v) is 3.67. The van der Waals surface area contributed by atoms with Crippen LogP contribution in [-0.2, 0) is 0 Å². The van der Waals surface area contributed by atoms with Crippen molar-refractivity contribution in [2.24, 2.45) is 0 Å². The van der Waals surface area contributed by atoms with Crippen molar-refractivity contribution in [3.8, 4) is 0 Å². The van der Waals surface area contributed by atoms with E-state index in [1.165, 1.54) is 17.6 Å². The van der Waals surface area contributed by atoms with Crippen molar-refractivity contribution >= 4 is 28.8 Å². The van der Waals surface area contributed by atoms with Crippen molar-refractivity contribution in [3.63, 3.8) is 0 Å². The van der Waals surface area contributed by atoms with E-state index < -0.39 is 0 Å².